The van der Waals surface area contributed by atoms with Crippen LogP contribution < -0.4 is 0 Å². The molecule has 1 aromatic heterocycles. The highest BCUT2D eigenvalue weighted by molar-refractivity contribution is 9.08. The molecule has 0 saturated carbocycles. The van der Waals surface area contributed by atoms with E-state index in [2.05, 4.69) is 26.2 Å². The smallest absolute Gasteiger partial charge is 0.303 e. The standard InChI is InChI=1S/C17H22BrN3O9/c1-8(22)26-7-13-14(27-9(2)23)15(28-10(3)24)16(29-11(4)25)17(30-13)21-6-12(5-18)19-20-21/h6,13-17H,5,7H2,1-4H3/t13-,14+,15+,16+,17-/m1/s1. The molecule has 0 N–H and O–H groups in total. The van der Waals surface area contributed by atoms with Crippen LogP contribution in [0.15, 0.2) is 6.20 Å². The first-order chi connectivity index (χ1) is 14.1. The normalized spacial score (nSPS) is 25.8. The number of esters is 4. The number of halogens is 1. The molecule has 0 bridgehead atoms. The Bertz CT molecular complexity index is 799. The van der Waals surface area contributed by atoms with E-state index in [0.717, 1.165) is 13.8 Å². The van der Waals surface area contributed by atoms with Gasteiger partial charge in [-0.25, -0.2) is 4.68 Å². The Morgan fingerprint density at radius 1 is 0.967 bits per heavy atom. The number of ether oxygens (including phenoxy) is 5. The quantitative estimate of drug-likeness (QED) is 0.297. The fraction of sp³-hybridized carbons (Fsp3) is 0.647. The van der Waals surface area contributed by atoms with Crippen molar-refractivity contribution in [1.82, 2.24) is 15.0 Å². The molecule has 1 aromatic rings. The molecule has 0 spiro atoms. The molecule has 0 amide bonds. The van der Waals surface area contributed by atoms with Crippen LogP contribution in [0.2, 0.25) is 0 Å². The highest BCUT2D eigenvalue weighted by Gasteiger charge is 2.53. The topological polar surface area (TPSA) is 145 Å². The number of carbonyl (C=O) groups is 4. The summed E-state index contributed by atoms with van der Waals surface area (Å²) in [6.07, 6.45) is -4.32. The van der Waals surface area contributed by atoms with Crippen LogP contribution in [0, 0.1) is 0 Å². The minimum Gasteiger partial charge on any atom is -0.463 e. The lowest BCUT2D eigenvalue weighted by Crippen LogP contribution is -2.60. The van der Waals surface area contributed by atoms with Gasteiger partial charge in [-0.3, -0.25) is 19.2 Å². The van der Waals surface area contributed by atoms with E-state index in [4.69, 9.17) is 23.7 Å². The zero-order chi connectivity index (χ0) is 22.4. The molecule has 166 valence electrons. The summed E-state index contributed by atoms with van der Waals surface area (Å²) in [7, 11) is 0. The zero-order valence-electron chi connectivity index (χ0n) is 16.8. The van der Waals surface area contributed by atoms with E-state index >= 15 is 0 Å². The van der Waals surface area contributed by atoms with Gasteiger partial charge in [0.25, 0.3) is 0 Å². The SMILES string of the molecule is CC(=O)OC[C@H]1O[C@@H](n2cc(CBr)nn2)[C@@H](OC(C)=O)[C@@H](OC(C)=O)[C@H]1OC(C)=O. The maximum absolute atomic E-state index is 11.8. The van der Waals surface area contributed by atoms with Crippen molar-refractivity contribution in [3.63, 3.8) is 0 Å². The molecular formula is C17H22BrN3O9. The van der Waals surface area contributed by atoms with Crippen LogP contribution in [0.1, 0.15) is 39.6 Å². The molecule has 1 fully saturated rings. The summed E-state index contributed by atoms with van der Waals surface area (Å²) < 4.78 is 28.3. The van der Waals surface area contributed by atoms with E-state index in [0.29, 0.717) is 11.0 Å². The second-order valence-electron chi connectivity index (χ2n) is 6.41. The van der Waals surface area contributed by atoms with Crippen LogP contribution in [0.4, 0.5) is 0 Å². The third-order valence-corrected chi connectivity index (χ3v) is 4.50. The van der Waals surface area contributed by atoms with Gasteiger partial charge in [-0.2, -0.15) is 0 Å². The van der Waals surface area contributed by atoms with Gasteiger partial charge in [0.1, 0.15) is 12.7 Å². The van der Waals surface area contributed by atoms with Crippen molar-refractivity contribution in [3.8, 4) is 0 Å². The Hall–Kier alpha value is -2.54. The summed E-state index contributed by atoms with van der Waals surface area (Å²) in [4.78, 5) is 46.5. The number of nitrogens with zero attached hydrogens (tertiary/aromatic N) is 3. The molecule has 0 unspecified atom stereocenters. The highest BCUT2D eigenvalue weighted by Crippen LogP contribution is 2.34. The van der Waals surface area contributed by atoms with Crippen molar-refractivity contribution >= 4 is 39.8 Å². The second-order valence-corrected chi connectivity index (χ2v) is 6.97. The molecule has 0 radical (unpaired) electrons. The molecular weight excluding hydrogens is 470 g/mol. The van der Waals surface area contributed by atoms with Crippen LogP contribution in [-0.2, 0) is 48.2 Å². The Morgan fingerprint density at radius 3 is 2.03 bits per heavy atom. The first-order valence-electron chi connectivity index (χ1n) is 8.89. The van der Waals surface area contributed by atoms with Gasteiger partial charge in [-0.05, 0) is 0 Å². The van der Waals surface area contributed by atoms with Gasteiger partial charge in [-0.15, -0.1) is 5.10 Å². The average Bonchev–Trinajstić information content (AvgIpc) is 3.11. The third kappa shape index (κ3) is 6.23. The zero-order valence-corrected chi connectivity index (χ0v) is 18.4. The van der Waals surface area contributed by atoms with Crippen LogP contribution in [0.5, 0.6) is 0 Å². The summed E-state index contributed by atoms with van der Waals surface area (Å²) in [5, 5.41) is 8.31. The van der Waals surface area contributed by atoms with Crippen molar-refractivity contribution in [1.29, 1.82) is 0 Å². The van der Waals surface area contributed by atoms with Crippen LogP contribution in [-0.4, -0.2) is 69.9 Å². The van der Waals surface area contributed by atoms with Gasteiger partial charge in [-0.1, -0.05) is 21.1 Å². The minimum absolute atomic E-state index is 0.311. The van der Waals surface area contributed by atoms with Gasteiger partial charge in [0.2, 0.25) is 0 Å². The molecule has 13 heteroatoms. The number of carbonyl (C=O) groups excluding carboxylic acids is 4. The molecule has 30 heavy (non-hydrogen) atoms. The molecule has 1 saturated heterocycles. The molecule has 1 aliphatic rings. The maximum atomic E-state index is 11.8. The largest absolute Gasteiger partial charge is 0.463 e. The Kier molecular flexibility index (Phi) is 8.29. The first kappa shape index (κ1) is 23.7. The molecule has 12 nitrogen and oxygen atoms in total. The third-order valence-electron chi connectivity index (χ3n) is 3.92. The van der Waals surface area contributed by atoms with Crippen LogP contribution in [0.3, 0.4) is 0 Å². The van der Waals surface area contributed by atoms with E-state index in [1.165, 1.54) is 24.7 Å². The van der Waals surface area contributed by atoms with E-state index < -0.39 is 54.5 Å². The predicted molar refractivity (Wildman–Crippen MR) is 99.9 cm³/mol. The van der Waals surface area contributed by atoms with E-state index in [9.17, 15) is 19.2 Å². The van der Waals surface area contributed by atoms with Crippen LogP contribution in [0.25, 0.3) is 0 Å². The summed E-state index contributed by atoms with van der Waals surface area (Å²) >= 11 is 3.26. The molecule has 5 atom stereocenters. The second kappa shape index (κ2) is 10.5. The van der Waals surface area contributed by atoms with Crippen molar-refractivity contribution in [2.45, 2.75) is 63.7 Å². The maximum Gasteiger partial charge on any atom is 0.303 e. The lowest BCUT2D eigenvalue weighted by atomic mass is 9.97. The summed E-state index contributed by atoms with van der Waals surface area (Å²) in [5.74, 6) is -2.69. The molecule has 0 aromatic carbocycles. The number of aromatic nitrogens is 3. The fourth-order valence-electron chi connectivity index (χ4n) is 2.92. The van der Waals surface area contributed by atoms with E-state index in [1.54, 1.807) is 0 Å². The van der Waals surface area contributed by atoms with Gasteiger partial charge in [0.05, 0.1) is 11.9 Å². The average molecular weight is 492 g/mol. The summed E-state index contributed by atoms with van der Waals surface area (Å²) in [5.41, 5.74) is 0.558. The van der Waals surface area contributed by atoms with Gasteiger partial charge in [0.15, 0.2) is 24.5 Å². The number of hydrogen-bond acceptors (Lipinski definition) is 11. The van der Waals surface area contributed by atoms with Crippen molar-refractivity contribution < 1.29 is 42.9 Å². The number of hydrogen-bond donors (Lipinski definition) is 0. The number of rotatable bonds is 7. The fourth-order valence-corrected chi connectivity index (χ4v) is 3.17. The van der Waals surface area contributed by atoms with Crippen molar-refractivity contribution in [2.24, 2.45) is 0 Å². The lowest BCUT2D eigenvalue weighted by molar-refractivity contribution is -0.270. The molecule has 2 heterocycles. The Labute approximate surface area is 180 Å². The Balaban J connectivity index is 2.50. The summed E-state index contributed by atoms with van der Waals surface area (Å²) in [6.45, 7) is 4.36. The van der Waals surface area contributed by atoms with Crippen LogP contribution >= 0.6 is 15.9 Å². The lowest BCUT2D eigenvalue weighted by Gasteiger charge is -2.44. The monoisotopic (exact) mass is 491 g/mol. The van der Waals surface area contributed by atoms with E-state index in [-0.39, 0.29) is 6.61 Å². The van der Waals surface area contributed by atoms with Gasteiger partial charge >= 0.3 is 23.9 Å². The Morgan fingerprint density at radius 2 is 1.53 bits per heavy atom. The highest BCUT2D eigenvalue weighted by atomic mass is 79.9. The van der Waals surface area contributed by atoms with E-state index in [1.807, 2.05) is 0 Å². The summed E-state index contributed by atoms with van der Waals surface area (Å²) in [6, 6.07) is 0. The predicted octanol–water partition coefficient (Wildman–Crippen LogP) is 0.429. The first-order valence-corrected chi connectivity index (χ1v) is 10.0. The van der Waals surface area contributed by atoms with Crippen molar-refractivity contribution in [2.75, 3.05) is 6.61 Å². The van der Waals surface area contributed by atoms with Gasteiger partial charge in [0, 0.05) is 33.0 Å². The number of alkyl halides is 1. The molecule has 0 aliphatic carbocycles. The molecule has 2 rings (SSSR count). The molecule has 1 aliphatic heterocycles. The van der Waals surface area contributed by atoms with Gasteiger partial charge < -0.3 is 23.7 Å². The van der Waals surface area contributed by atoms with Crippen molar-refractivity contribution in [3.05, 3.63) is 11.9 Å². The minimum atomic E-state index is -1.26.